The van der Waals surface area contributed by atoms with Gasteiger partial charge in [0.25, 0.3) is 0 Å². The van der Waals surface area contributed by atoms with E-state index in [-0.39, 0.29) is 18.5 Å². The molecule has 0 rings (SSSR count). The maximum atomic E-state index is 12.5. The third-order valence-electron chi connectivity index (χ3n) is 17.6. The second-order valence-electron chi connectivity index (χ2n) is 26.0. The molecule has 0 aromatic rings. The molecule has 0 bridgehead atoms. The van der Waals surface area contributed by atoms with E-state index in [2.05, 4.69) is 43.5 Å². The number of amides is 1. The SMILES string of the molecule is CCCCCCC/C=C\CCCCCCCC(=O)OCCCCCCCCCCCCCC/C=C\CCCCCCCCCCCCCCCCCCCC(=O)NC(CO)C(O)/C=C/CCCCCCCCCCCCCCCCCCC. The van der Waals surface area contributed by atoms with E-state index in [4.69, 9.17) is 4.74 Å². The van der Waals surface area contributed by atoms with Gasteiger partial charge in [0.2, 0.25) is 5.91 Å². The number of unbranched alkanes of at least 4 members (excludes halogenated alkanes) is 56. The summed E-state index contributed by atoms with van der Waals surface area (Å²) in [7, 11) is 0. The van der Waals surface area contributed by atoms with Crippen LogP contribution in [-0.4, -0.2) is 47.4 Å². The van der Waals surface area contributed by atoms with Gasteiger partial charge >= 0.3 is 5.97 Å². The van der Waals surface area contributed by atoms with Crippen LogP contribution in [0.4, 0.5) is 0 Å². The number of hydrogen-bond donors (Lipinski definition) is 3. The lowest BCUT2D eigenvalue weighted by molar-refractivity contribution is -0.143. The summed E-state index contributed by atoms with van der Waals surface area (Å²) < 4.78 is 5.49. The molecule has 490 valence electrons. The largest absolute Gasteiger partial charge is 0.466 e. The summed E-state index contributed by atoms with van der Waals surface area (Å²) in [5.41, 5.74) is 0. The van der Waals surface area contributed by atoms with Crippen molar-refractivity contribution in [3.63, 3.8) is 0 Å². The third-order valence-corrected chi connectivity index (χ3v) is 17.6. The van der Waals surface area contributed by atoms with E-state index in [1.54, 1.807) is 6.08 Å². The Hall–Kier alpha value is -1.92. The molecule has 0 spiro atoms. The van der Waals surface area contributed by atoms with Crippen LogP contribution in [0.3, 0.4) is 0 Å². The molecule has 1 amide bonds. The van der Waals surface area contributed by atoms with Crippen molar-refractivity contribution in [3.05, 3.63) is 36.5 Å². The number of allylic oxidation sites excluding steroid dienone is 5. The fraction of sp³-hybridized carbons (Fsp3) is 0.896. The predicted molar refractivity (Wildman–Crippen MR) is 366 cm³/mol. The summed E-state index contributed by atoms with van der Waals surface area (Å²) >= 11 is 0. The van der Waals surface area contributed by atoms with Crippen LogP contribution < -0.4 is 5.32 Å². The highest BCUT2D eigenvalue weighted by Gasteiger charge is 2.18. The first kappa shape index (κ1) is 81.1. The molecule has 0 aliphatic carbocycles. The summed E-state index contributed by atoms with van der Waals surface area (Å²) in [5, 5.41) is 23.2. The number of carbonyl (C=O) groups excluding carboxylic acids is 2. The number of nitrogens with one attached hydrogen (secondary N) is 1. The topological polar surface area (TPSA) is 95.9 Å². The van der Waals surface area contributed by atoms with Gasteiger partial charge < -0.3 is 20.3 Å². The van der Waals surface area contributed by atoms with Gasteiger partial charge in [-0.1, -0.05) is 359 Å². The average molecular weight is 1170 g/mol. The minimum absolute atomic E-state index is 0.0104. The van der Waals surface area contributed by atoms with E-state index in [9.17, 15) is 19.8 Å². The minimum atomic E-state index is -0.843. The van der Waals surface area contributed by atoms with Crippen LogP contribution in [0.15, 0.2) is 36.5 Å². The Balaban J connectivity index is 3.37. The highest BCUT2D eigenvalue weighted by molar-refractivity contribution is 5.76. The van der Waals surface area contributed by atoms with Crippen molar-refractivity contribution in [1.29, 1.82) is 0 Å². The molecule has 0 aromatic carbocycles. The smallest absolute Gasteiger partial charge is 0.305 e. The molecule has 2 unspecified atom stereocenters. The molecule has 0 heterocycles. The molecule has 6 heteroatoms. The number of esters is 1. The molecule has 0 aliphatic heterocycles. The van der Waals surface area contributed by atoms with Crippen molar-refractivity contribution in [1.82, 2.24) is 5.32 Å². The Morgan fingerprint density at radius 2 is 0.566 bits per heavy atom. The van der Waals surface area contributed by atoms with Crippen LogP contribution in [0.5, 0.6) is 0 Å². The van der Waals surface area contributed by atoms with Gasteiger partial charge in [-0.2, -0.15) is 0 Å². The molecule has 6 nitrogen and oxygen atoms in total. The number of carbonyl (C=O) groups is 2. The van der Waals surface area contributed by atoms with Crippen molar-refractivity contribution in [2.24, 2.45) is 0 Å². The fourth-order valence-electron chi connectivity index (χ4n) is 11.9. The van der Waals surface area contributed by atoms with Crippen molar-refractivity contribution < 1.29 is 24.5 Å². The Labute approximate surface area is 519 Å². The van der Waals surface area contributed by atoms with Gasteiger partial charge in [-0.15, -0.1) is 0 Å². The summed E-state index contributed by atoms with van der Waals surface area (Å²) in [4.78, 5) is 24.6. The first-order valence-corrected chi connectivity index (χ1v) is 37.8. The van der Waals surface area contributed by atoms with Crippen LogP contribution in [0.2, 0.25) is 0 Å². The van der Waals surface area contributed by atoms with Crippen molar-refractivity contribution in [2.45, 2.75) is 431 Å². The lowest BCUT2D eigenvalue weighted by Gasteiger charge is -2.20. The van der Waals surface area contributed by atoms with Gasteiger partial charge in [-0.25, -0.2) is 0 Å². The normalized spacial score (nSPS) is 12.7. The van der Waals surface area contributed by atoms with E-state index in [1.807, 2.05) is 6.08 Å². The summed E-state index contributed by atoms with van der Waals surface area (Å²) in [6, 6.07) is -0.626. The Morgan fingerprint density at radius 1 is 0.325 bits per heavy atom. The molecule has 0 aliphatic rings. The van der Waals surface area contributed by atoms with Crippen molar-refractivity contribution in [3.8, 4) is 0 Å². The first-order valence-electron chi connectivity index (χ1n) is 37.8. The fourth-order valence-corrected chi connectivity index (χ4v) is 11.9. The molecular formula is C77H147NO5. The number of ether oxygens (including phenoxy) is 1. The lowest BCUT2D eigenvalue weighted by Crippen LogP contribution is -2.45. The summed E-state index contributed by atoms with van der Waals surface area (Å²) in [6.45, 7) is 4.93. The van der Waals surface area contributed by atoms with E-state index in [0.29, 0.717) is 19.4 Å². The van der Waals surface area contributed by atoms with Gasteiger partial charge in [0.05, 0.1) is 25.4 Å². The molecular weight excluding hydrogens is 1020 g/mol. The van der Waals surface area contributed by atoms with Crippen LogP contribution >= 0.6 is 0 Å². The van der Waals surface area contributed by atoms with Crippen molar-refractivity contribution >= 4 is 11.9 Å². The predicted octanol–water partition coefficient (Wildman–Crippen LogP) is 24.7. The number of hydrogen-bond acceptors (Lipinski definition) is 5. The first-order chi connectivity index (χ1) is 41.0. The van der Waals surface area contributed by atoms with Crippen molar-refractivity contribution in [2.75, 3.05) is 13.2 Å². The Morgan fingerprint density at radius 3 is 0.855 bits per heavy atom. The Bertz CT molecular complexity index is 1340. The standard InChI is InChI=1S/C77H147NO5/c1-3-5-7-9-11-13-15-17-19-20-36-39-42-45-49-53-57-61-65-69-75(80)74(73-79)78-76(81)70-66-62-58-54-50-46-43-40-37-34-32-30-28-26-24-22-21-23-25-27-29-31-33-35-38-41-44-48-52-56-60-64-68-72-83-77(82)71-67-63-59-55-51-47-18-16-14-12-10-8-6-4-2/h16,18,25,27,65,69,74-75,79-80H,3-15,17,19-24,26,28-64,66-68,70-73H2,1-2H3,(H,78,81)/b18-16-,27-25-,69-65+. The highest BCUT2D eigenvalue weighted by Crippen LogP contribution is 2.19. The zero-order chi connectivity index (χ0) is 59.9. The number of aliphatic hydroxyl groups excluding tert-OH is 2. The second kappa shape index (κ2) is 72.6. The minimum Gasteiger partial charge on any atom is -0.466 e. The van der Waals surface area contributed by atoms with E-state index in [0.717, 1.165) is 44.9 Å². The van der Waals surface area contributed by atoms with E-state index >= 15 is 0 Å². The molecule has 0 aromatic heterocycles. The monoisotopic (exact) mass is 1170 g/mol. The molecule has 0 saturated carbocycles. The third kappa shape index (κ3) is 69.1. The van der Waals surface area contributed by atoms with Crippen LogP contribution in [0.1, 0.15) is 418 Å². The van der Waals surface area contributed by atoms with Gasteiger partial charge in [0.1, 0.15) is 0 Å². The zero-order valence-corrected chi connectivity index (χ0v) is 56.2. The van der Waals surface area contributed by atoms with E-state index in [1.165, 1.54) is 347 Å². The van der Waals surface area contributed by atoms with Gasteiger partial charge in [-0.3, -0.25) is 9.59 Å². The molecule has 0 fully saturated rings. The van der Waals surface area contributed by atoms with Gasteiger partial charge in [0, 0.05) is 12.8 Å². The molecule has 0 saturated heterocycles. The maximum Gasteiger partial charge on any atom is 0.305 e. The average Bonchev–Trinajstić information content (AvgIpc) is 3.48. The van der Waals surface area contributed by atoms with Crippen LogP contribution in [-0.2, 0) is 14.3 Å². The zero-order valence-electron chi connectivity index (χ0n) is 56.2. The molecule has 83 heavy (non-hydrogen) atoms. The molecule has 2 atom stereocenters. The lowest BCUT2D eigenvalue weighted by atomic mass is 10.0. The molecule has 0 radical (unpaired) electrons. The van der Waals surface area contributed by atoms with Gasteiger partial charge in [0.15, 0.2) is 0 Å². The number of aliphatic hydroxyl groups is 2. The Kier molecular flexibility index (Phi) is 70.9. The van der Waals surface area contributed by atoms with Crippen LogP contribution in [0.25, 0.3) is 0 Å². The number of rotatable bonds is 71. The molecule has 3 N–H and O–H groups in total. The quantitative estimate of drug-likeness (QED) is 0.0320. The highest BCUT2D eigenvalue weighted by atomic mass is 16.5. The van der Waals surface area contributed by atoms with E-state index < -0.39 is 12.1 Å². The van der Waals surface area contributed by atoms with Gasteiger partial charge in [-0.05, 0) is 83.5 Å². The maximum absolute atomic E-state index is 12.5. The summed E-state index contributed by atoms with van der Waals surface area (Å²) in [5.74, 6) is -0.0508. The summed E-state index contributed by atoms with van der Waals surface area (Å²) in [6.07, 6.45) is 93.9. The van der Waals surface area contributed by atoms with Crippen LogP contribution in [0, 0.1) is 0 Å². The second-order valence-corrected chi connectivity index (χ2v) is 26.0.